The van der Waals surface area contributed by atoms with Gasteiger partial charge in [-0.05, 0) is 12.1 Å². The lowest BCUT2D eigenvalue weighted by Gasteiger charge is -2.28. The Morgan fingerprint density at radius 3 is 2.90 bits per heavy atom. The number of benzene rings is 1. The first-order chi connectivity index (χ1) is 9.59. The highest BCUT2D eigenvalue weighted by molar-refractivity contribution is 9.09. The Morgan fingerprint density at radius 2 is 2.30 bits per heavy atom. The summed E-state index contributed by atoms with van der Waals surface area (Å²) < 4.78 is 13.4. The number of halogens is 3. The van der Waals surface area contributed by atoms with Crippen LogP contribution in [-0.4, -0.2) is 26.4 Å². The molecule has 3 rings (SSSR count). The Kier molecular flexibility index (Phi) is 4.01. The van der Waals surface area contributed by atoms with Crippen molar-refractivity contribution < 1.29 is 9.47 Å². The van der Waals surface area contributed by atoms with Crippen LogP contribution < -0.4 is 0 Å². The first-order valence-electron chi connectivity index (χ1n) is 5.83. The highest BCUT2D eigenvalue weighted by Gasteiger charge is 2.44. The van der Waals surface area contributed by atoms with E-state index in [4.69, 9.17) is 32.7 Å². The molecule has 0 saturated carbocycles. The van der Waals surface area contributed by atoms with Crippen LogP contribution in [0.4, 0.5) is 0 Å². The summed E-state index contributed by atoms with van der Waals surface area (Å²) in [5, 5.41) is 4.92. The maximum atomic E-state index is 6.28. The SMILES string of the molecule is Clc1ccc(C2(Cn3cncn3)OCC(Br)O2)c(Cl)c1. The molecule has 1 aliphatic rings. The van der Waals surface area contributed by atoms with Gasteiger partial charge in [0.05, 0.1) is 11.6 Å². The van der Waals surface area contributed by atoms with Crippen LogP contribution in [-0.2, 0) is 21.8 Å². The second kappa shape index (κ2) is 5.61. The van der Waals surface area contributed by atoms with Crippen molar-refractivity contribution in [3.63, 3.8) is 0 Å². The summed E-state index contributed by atoms with van der Waals surface area (Å²) in [5.41, 5.74) is 0.709. The van der Waals surface area contributed by atoms with E-state index in [9.17, 15) is 0 Å². The van der Waals surface area contributed by atoms with Gasteiger partial charge in [0.25, 0.3) is 0 Å². The molecule has 1 aliphatic heterocycles. The van der Waals surface area contributed by atoms with E-state index in [1.165, 1.54) is 6.33 Å². The molecule has 2 aromatic rings. The zero-order chi connectivity index (χ0) is 14.2. The van der Waals surface area contributed by atoms with E-state index in [2.05, 4.69) is 26.0 Å². The molecule has 0 aliphatic carbocycles. The Balaban J connectivity index is 2.01. The van der Waals surface area contributed by atoms with Gasteiger partial charge in [-0.2, -0.15) is 5.10 Å². The second-order valence-electron chi connectivity index (χ2n) is 4.31. The van der Waals surface area contributed by atoms with Gasteiger partial charge in [0.1, 0.15) is 24.2 Å². The number of hydrogen-bond donors (Lipinski definition) is 0. The zero-order valence-corrected chi connectivity index (χ0v) is 13.3. The van der Waals surface area contributed by atoms with Gasteiger partial charge >= 0.3 is 0 Å². The Bertz CT molecular complexity index is 611. The molecular formula is C12H10BrCl2N3O2. The molecule has 0 amide bonds. The summed E-state index contributed by atoms with van der Waals surface area (Å²) in [6, 6.07) is 5.21. The number of ether oxygens (including phenoxy) is 2. The summed E-state index contributed by atoms with van der Waals surface area (Å²) in [6.45, 7) is 0.754. The molecule has 0 spiro atoms. The fourth-order valence-electron chi connectivity index (χ4n) is 2.11. The maximum absolute atomic E-state index is 6.28. The van der Waals surface area contributed by atoms with E-state index in [0.29, 0.717) is 28.8 Å². The Morgan fingerprint density at radius 1 is 1.45 bits per heavy atom. The highest BCUT2D eigenvalue weighted by atomic mass is 79.9. The summed E-state index contributed by atoms with van der Waals surface area (Å²) in [4.78, 5) is 3.92. The maximum Gasteiger partial charge on any atom is 0.218 e. The molecule has 2 atom stereocenters. The van der Waals surface area contributed by atoms with E-state index in [-0.39, 0.29) is 5.01 Å². The fourth-order valence-corrected chi connectivity index (χ4v) is 3.10. The summed E-state index contributed by atoms with van der Waals surface area (Å²) in [6.07, 6.45) is 3.05. The molecule has 106 valence electrons. The monoisotopic (exact) mass is 377 g/mol. The molecule has 0 bridgehead atoms. The van der Waals surface area contributed by atoms with Gasteiger partial charge in [0.2, 0.25) is 5.79 Å². The first kappa shape index (κ1) is 14.3. The minimum atomic E-state index is -1.01. The Hall–Kier alpha value is -0.660. The van der Waals surface area contributed by atoms with E-state index in [1.54, 1.807) is 29.2 Å². The highest BCUT2D eigenvalue weighted by Crippen LogP contribution is 2.41. The molecule has 8 heteroatoms. The molecule has 1 aromatic carbocycles. The normalized spacial score (nSPS) is 26.1. The largest absolute Gasteiger partial charge is 0.341 e. The summed E-state index contributed by atoms with van der Waals surface area (Å²) in [5.74, 6) is -1.01. The van der Waals surface area contributed by atoms with Crippen LogP contribution in [0, 0.1) is 0 Å². The summed E-state index contributed by atoms with van der Waals surface area (Å²) >= 11 is 15.6. The van der Waals surface area contributed by atoms with Crippen LogP contribution in [0.15, 0.2) is 30.9 Å². The van der Waals surface area contributed by atoms with E-state index >= 15 is 0 Å². The topological polar surface area (TPSA) is 49.2 Å². The second-order valence-corrected chi connectivity index (χ2v) is 6.17. The number of hydrogen-bond acceptors (Lipinski definition) is 4. The van der Waals surface area contributed by atoms with Gasteiger partial charge in [0.15, 0.2) is 0 Å². The number of aromatic nitrogens is 3. The predicted molar refractivity (Wildman–Crippen MR) is 77.9 cm³/mol. The number of alkyl halides is 1. The average molecular weight is 379 g/mol. The third kappa shape index (κ3) is 2.71. The molecule has 1 aromatic heterocycles. The average Bonchev–Trinajstić information content (AvgIpc) is 3.00. The Labute approximate surface area is 133 Å². The lowest BCUT2D eigenvalue weighted by Crippen LogP contribution is -2.33. The molecular weight excluding hydrogens is 369 g/mol. The quantitative estimate of drug-likeness (QED) is 0.769. The number of nitrogens with zero attached hydrogens (tertiary/aromatic N) is 3. The van der Waals surface area contributed by atoms with Crippen LogP contribution >= 0.6 is 39.1 Å². The van der Waals surface area contributed by atoms with Gasteiger partial charge in [-0.25, -0.2) is 9.67 Å². The van der Waals surface area contributed by atoms with Crippen molar-refractivity contribution in [2.75, 3.05) is 6.61 Å². The smallest absolute Gasteiger partial charge is 0.218 e. The third-order valence-electron chi connectivity index (χ3n) is 2.94. The minimum Gasteiger partial charge on any atom is -0.341 e. The molecule has 5 nitrogen and oxygen atoms in total. The minimum absolute atomic E-state index is 0.210. The van der Waals surface area contributed by atoms with Gasteiger partial charge in [0, 0.05) is 10.6 Å². The van der Waals surface area contributed by atoms with Gasteiger partial charge in [-0.15, -0.1) is 0 Å². The number of rotatable bonds is 3. The van der Waals surface area contributed by atoms with Crippen molar-refractivity contribution >= 4 is 39.1 Å². The van der Waals surface area contributed by atoms with Crippen LogP contribution in [0.25, 0.3) is 0 Å². The van der Waals surface area contributed by atoms with Crippen molar-refractivity contribution in [3.8, 4) is 0 Å². The van der Waals surface area contributed by atoms with Crippen molar-refractivity contribution in [3.05, 3.63) is 46.5 Å². The van der Waals surface area contributed by atoms with Crippen molar-refractivity contribution in [2.24, 2.45) is 0 Å². The van der Waals surface area contributed by atoms with E-state index in [1.807, 2.05) is 0 Å². The third-order valence-corrected chi connectivity index (χ3v) is 3.94. The van der Waals surface area contributed by atoms with Crippen molar-refractivity contribution in [1.82, 2.24) is 14.8 Å². The van der Waals surface area contributed by atoms with E-state index < -0.39 is 5.79 Å². The van der Waals surface area contributed by atoms with Gasteiger partial charge in [-0.3, -0.25) is 0 Å². The van der Waals surface area contributed by atoms with Crippen molar-refractivity contribution in [1.29, 1.82) is 0 Å². The van der Waals surface area contributed by atoms with Gasteiger partial charge < -0.3 is 9.47 Å². The zero-order valence-electron chi connectivity index (χ0n) is 10.2. The molecule has 1 fully saturated rings. The van der Waals surface area contributed by atoms with E-state index in [0.717, 1.165) is 0 Å². The first-order valence-corrected chi connectivity index (χ1v) is 7.50. The lowest BCUT2D eigenvalue weighted by molar-refractivity contribution is -0.180. The van der Waals surface area contributed by atoms with Gasteiger partial charge in [-0.1, -0.05) is 45.2 Å². The molecule has 0 radical (unpaired) electrons. The lowest BCUT2D eigenvalue weighted by atomic mass is 10.1. The summed E-state index contributed by atoms with van der Waals surface area (Å²) in [7, 11) is 0. The van der Waals surface area contributed by atoms with Crippen LogP contribution in [0.2, 0.25) is 10.0 Å². The van der Waals surface area contributed by atoms with Crippen LogP contribution in [0.1, 0.15) is 5.56 Å². The van der Waals surface area contributed by atoms with Crippen molar-refractivity contribution in [2.45, 2.75) is 17.3 Å². The molecule has 20 heavy (non-hydrogen) atoms. The van der Waals surface area contributed by atoms with Crippen LogP contribution in [0.3, 0.4) is 0 Å². The van der Waals surface area contributed by atoms with Crippen LogP contribution in [0.5, 0.6) is 0 Å². The molecule has 1 saturated heterocycles. The predicted octanol–water partition coefficient (Wildman–Crippen LogP) is 3.21. The molecule has 2 unspecified atom stereocenters. The standard InChI is InChI=1S/C12H10BrCl2N3O2/c13-11-4-19-12(20-11,5-18-7-16-6-17-18)9-2-1-8(14)3-10(9)15/h1-3,6-7,11H,4-5H2. The molecule has 0 N–H and O–H groups in total. The molecule has 2 heterocycles. The fraction of sp³-hybridized carbons (Fsp3) is 0.333.